The second kappa shape index (κ2) is 6.76. The van der Waals surface area contributed by atoms with E-state index in [0.717, 1.165) is 33.4 Å². The van der Waals surface area contributed by atoms with Gasteiger partial charge in [0.2, 0.25) is 11.0 Å². The first-order valence-electron chi connectivity index (χ1n) is 9.08. The second-order valence-electron chi connectivity index (χ2n) is 6.76. The van der Waals surface area contributed by atoms with Crippen LogP contribution in [-0.2, 0) is 0 Å². The SMILES string of the molecule is Cc1ccc(C2=Nn3c(nnc3-c3cc(-c4ccccc4)n[nH]3)SC2C)cc1. The van der Waals surface area contributed by atoms with Gasteiger partial charge in [0, 0.05) is 5.56 Å². The molecule has 0 saturated carbocycles. The Kier molecular flexibility index (Phi) is 4.09. The fraction of sp³-hybridized carbons (Fsp3) is 0.143. The van der Waals surface area contributed by atoms with E-state index in [-0.39, 0.29) is 5.25 Å². The van der Waals surface area contributed by atoms with Crippen LogP contribution in [0.1, 0.15) is 18.1 Å². The van der Waals surface area contributed by atoms with E-state index in [1.165, 1.54) is 5.56 Å². The lowest BCUT2D eigenvalue weighted by molar-refractivity contribution is 0.752. The van der Waals surface area contributed by atoms with Crippen LogP contribution in [0.4, 0.5) is 0 Å². The smallest absolute Gasteiger partial charge is 0.213 e. The quantitative estimate of drug-likeness (QED) is 0.567. The third-order valence-electron chi connectivity index (χ3n) is 4.72. The zero-order chi connectivity index (χ0) is 19.1. The number of benzene rings is 2. The van der Waals surface area contributed by atoms with E-state index < -0.39 is 0 Å². The third-order valence-corrected chi connectivity index (χ3v) is 5.76. The molecule has 1 aliphatic rings. The summed E-state index contributed by atoms with van der Waals surface area (Å²) in [6.45, 7) is 4.23. The number of nitrogens with zero attached hydrogens (tertiary/aromatic N) is 5. The van der Waals surface area contributed by atoms with Crippen LogP contribution in [0.3, 0.4) is 0 Å². The van der Waals surface area contributed by atoms with Crippen molar-refractivity contribution in [1.29, 1.82) is 0 Å². The summed E-state index contributed by atoms with van der Waals surface area (Å²) >= 11 is 1.66. The molecule has 4 aromatic rings. The first kappa shape index (κ1) is 16.9. The number of fused-ring (bicyclic) bond motifs is 1. The van der Waals surface area contributed by atoms with E-state index in [1.807, 2.05) is 41.1 Å². The van der Waals surface area contributed by atoms with Crippen LogP contribution in [-0.4, -0.2) is 36.0 Å². The Morgan fingerprint density at radius 2 is 1.75 bits per heavy atom. The number of hydrogen-bond acceptors (Lipinski definition) is 5. The summed E-state index contributed by atoms with van der Waals surface area (Å²) in [4.78, 5) is 0. The first-order valence-corrected chi connectivity index (χ1v) is 9.96. The van der Waals surface area contributed by atoms with E-state index in [2.05, 4.69) is 58.5 Å². The molecule has 0 spiro atoms. The van der Waals surface area contributed by atoms with Gasteiger partial charge in [-0.25, -0.2) is 0 Å². The number of aryl methyl sites for hydroxylation is 1. The molecule has 2 aromatic heterocycles. The van der Waals surface area contributed by atoms with Crippen molar-refractivity contribution in [2.75, 3.05) is 0 Å². The monoisotopic (exact) mass is 386 g/mol. The van der Waals surface area contributed by atoms with Gasteiger partial charge < -0.3 is 0 Å². The largest absolute Gasteiger partial charge is 0.274 e. The number of nitrogens with one attached hydrogen (secondary N) is 1. The molecule has 1 N–H and O–H groups in total. The summed E-state index contributed by atoms with van der Waals surface area (Å²) in [6, 6.07) is 20.5. The molecule has 3 heterocycles. The van der Waals surface area contributed by atoms with Crippen LogP contribution < -0.4 is 0 Å². The van der Waals surface area contributed by atoms with E-state index in [0.29, 0.717) is 5.82 Å². The van der Waals surface area contributed by atoms with Gasteiger partial charge in [0.25, 0.3) is 0 Å². The van der Waals surface area contributed by atoms with Crippen LogP contribution in [0, 0.1) is 6.92 Å². The molecule has 6 nitrogen and oxygen atoms in total. The summed E-state index contributed by atoms with van der Waals surface area (Å²) in [7, 11) is 0. The maximum Gasteiger partial charge on any atom is 0.213 e. The molecule has 1 unspecified atom stereocenters. The van der Waals surface area contributed by atoms with E-state index in [1.54, 1.807) is 11.8 Å². The van der Waals surface area contributed by atoms with Gasteiger partial charge in [0.1, 0.15) is 5.69 Å². The Morgan fingerprint density at radius 1 is 0.964 bits per heavy atom. The van der Waals surface area contributed by atoms with Crippen molar-refractivity contribution in [2.24, 2.45) is 5.10 Å². The fourth-order valence-corrected chi connectivity index (χ4v) is 4.14. The molecule has 0 amide bonds. The predicted molar refractivity (Wildman–Crippen MR) is 111 cm³/mol. The molecule has 0 bridgehead atoms. The molecule has 138 valence electrons. The lowest BCUT2D eigenvalue weighted by Crippen LogP contribution is -2.21. The van der Waals surface area contributed by atoms with Crippen LogP contribution in [0.5, 0.6) is 0 Å². The molecule has 5 rings (SSSR count). The highest BCUT2D eigenvalue weighted by Crippen LogP contribution is 2.33. The zero-order valence-electron chi connectivity index (χ0n) is 15.5. The lowest BCUT2D eigenvalue weighted by Gasteiger charge is -2.19. The molecule has 28 heavy (non-hydrogen) atoms. The van der Waals surface area contributed by atoms with Gasteiger partial charge in [-0.1, -0.05) is 71.9 Å². The molecule has 0 fully saturated rings. The topological polar surface area (TPSA) is 71.8 Å². The number of rotatable bonds is 3. The van der Waals surface area contributed by atoms with E-state index in [9.17, 15) is 0 Å². The summed E-state index contributed by atoms with van der Waals surface area (Å²) < 4.78 is 1.81. The number of hydrogen-bond donors (Lipinski definition) is 1. The molecular weight excluding hydrogens is 368 g/mol. The van der Waals surface area contributed by atoms with Gasteiger partial charge in [-0.05, 0) is 25.5 Å². The average molecular weight is 386 g/mol. The van der Waals surface area contributed by atoms with Crippen molar-refractivity contribution in [1.82, 2.24) is 25.1 Å². The molecule has 2 aromatic carbocycles. The normalized spacial score (nSPS) is 15.9. The van der Waals surface area contributed by atoms with Gasteiger partial charge in [-0.15, -0.1) is 10.2 Å². The standard InChI is InChI=1S/C21H18N6S/c1-13-8-10-16(11-9-13)19-14(2)28-21-25-24-20(27(21)26-19)18-12-17(22-23-18)15-6-4-3-5-7-15/h3-12,14H,1-2H3,(H,22,23). The van der Waals surface area contributed by atoms with Crippen LogP contribution >= 0.6 is 11.8 Å². The van der Waals surface area contributed by atoms with Crippen LogP contribution in [0.2, 0.25) is 0 Å². The summed E-state index contributed by atoms with van der Waals surface area (Å²) in [6.07, 6.45) is 0. The number of aromatic amines is 1. The Balaban J connectivity index is 1.56. The fourth-order valence-electron chi connectivity index (χ4n) is 3.21. The van der Waals surface area contributed by atoms with Gasteiger partial charge in [0.05, 0.1) is 16.7 Å². The van der Waals surface area contributed by atoms with Gasteiger partial charge in [-0.2, -0.15) is 14.9 Å². The number of thioether (sulfide) groups is 1. The van der Waals surface area contributed by atoms with E-state index in [4.69, 9.17) is 5.10 Å². The summed E-state index contributed by atoms with van der Waals surface area (Å²) in [5.74, 6) is 0.661. The first-order chi connectivity index (χ1) is 13.7. The average Bonchev–Trinajstić information content (AvgIpc) is 3.35. The van der Waals surface area contributed by atoms with Gasteiger partial charge >= 0.3 is 0 Å². The minimum absolute atomic E-state index is 0.203. The Labute approximate surface area is 166 Å². The minimum atomic E-state index is 0.203. The predicted octanol–water partition coefficient (Wildman–Crippen LogP) is 4.39. The van der Waals surface area contributed by atoms with Crippen molar-refractivity contribution in [3.63, 3.8) is 0 Å². The van der Waals surface area contributed by atoms with Crippen LogP contribution in [0.15, 0.2) is 70.9 Å². The third kappa shape index (κ3) is 2.93. The van der Waals surface area contributed by atoms with Crippen molar-refractivity contribution < 1.29 is 0 Å². The maximum atomic E-state index is 4.88. The summed E-state index contributed by atoms with van der Waals surface area (Å²) in [5.41, 5.74) is 6.08. The Bertz CT molecular complexity index is 1160. The zero-order valence-corrected chi connectivity index (χ0v) is 16.3. The second-order valence-corrected chi connectivity index (χ2v) is 8.07. The lowest BCUT2D eigenvalue weighted by atomic mass is 10.1. The molecule has 0 aliphatic carbocycles. The maximum absolute atomic E-state index is 4.88. The minimum Gasteiger partial charge on any atom is -0.274 e. The number of H-pyrrole nitrogens is 1. The van der Waals surface area contributed by atoms with Crippen molar-refractivity contribution in [3.05, 3.63) is 71.8 Å². The highest BCUT2D eigenvalue weighted by Gasteiger charge is 2.26. The molecule has 0 radical (unpaired) electrons. The highest BCUT2D eigenvalue weighted by molar-refractivity contribution is 8.00. The molecule has 1 atom stereocenters. The van der Waals surface area contributed by atoms with Crippen molar-refractivity contribution in [2.45, 2.75) is 24.3 Å². The van der Waals surface area contributed by atoms with Crippen molar-refractivity contribution >= 4 is 17.5 Å². The van der Waals surface area contributed by atoms with Crippen LogP contribution in [0.25, 0.3) is 22.8 Å². The van der Waals surface area contributed by atoms with Gasteiger partial charge in [-0.3, -0.25) is 5.10 Å². The van der Waals surface area contributed by atoms with Crippen molar-refractivity contribution in [3.8, 4) is 22.8 Å². The molecule has 0 saturated heterocycles. The molecular formula is C21H18N6S. The summed E-state index contributed by atoms with van der Waals surface area (Å²) in [5, 5.41) is 22.1. The Morgan fingerprint density at radius 3 is 2.54 bits per heavy atom. The Hall–Kier alpha value is -3.19. The van der Waals surface area contributed by atoms with Gasteiger partial charge in [0.15, 0.2) is 0 Å². The molecule has 1 aliphatic heterocycles. The molecule has 7 heteroatoms. The van der Waals surface area contributed by atoms with E-state index >= 15 is 0 Å². The highest BCUT2D eigenvalue weighted by atomic mass is 32.2. The number of aromatic nitrogens is 5.